The van der Waals surface area contributed by atoms with E-state index in [2.05, 4.69) is 10.3 Å². The Morgan fingerprint density at radius 1 is 1.25 bits per heavy atom. The van der Waals surface area contributed by atoms with Crippen LogP contribution in [0.3, 0.4) is 0 Å². The molecule has 1 heterocycles. The molecular weight excluding hydrogens is 254 g/mol. The zero-order valence-electron chi connectivity index (χ0n) is 11.2. The maximum Gasteiger partial charge on any atom is 0.261 e. The van der Waals surface area contributed by atoms with Crippen LogP contribution in [0, 0.1) is 0 Å². The van der Waals surface area contributed by atoms with Crippen molar-refractivity contribution in [2.45, 2.75) is 19.6 Å². The molecule has 1 atom stereocenters. The van der Waals surface area contributed by atoms with Gasteiger partial charge in [-0.2, -0.15) is 0 Å². The van der Waals surface area contributed by atoms with Crippen LogP contribution in [-0.4, -0.2) is 17.0 Å². The van der Waals surface area contributed by atoms with Gasteiger partial charge in [-0.1, -0.05) is 0 Å². The van der Waals surface area contributed by atoms with Crippen LogP contribution in [-0.2, 0) is 11.3 Å². The van der Waals surface area contributed by atoms with Gasteiger partial charge in [0.2, 0.25) is 0 Å². The lowest BCUT2D eigenvalue weighted by Crippen LogP contribution is -2.35. The van der Waals surface area contributed by atoms with Crippen molar-refractivity contribution in [3.8, 4) is 5.75 Å². The first-order valence-corrected chi connectivity index (χ1v) is 6.34. The lowest BCUT2D eigenvalue weighted by atomic mass is 10.2. The molecule has 0 radical (unpaired) electrons. The highest BCUT2D eigenvalue weighted by molar-refractivity contribution is 5.80. The van der Waals surface area contributed by atoms with E-state index in [4.69, 9.17) is 10.5 Å². The van der Waals surface area contributed by atoms with E-state index in [1.165, 1.54) is 0 Å². The minimum Gasteiger partial charge on any atom is -0.481 e. The van der Waals surface area contributed by atoms with Crippen molar-refractivity contribution in [3.05, 3.63) is 54.4 Å². The number of nitrogens with zero attached hydrogens (tertiary/aromatic N) is 1. The Morgan fingerprint density at radius 3 is 2.55 bits per heavy atom. The smallest absolute Gasteiger partial charge is 0.261 e. The van der Waals surface area contributed by atoms with Gasteiger partial charge in [-0.05, 0) is 48.9 Å². The van der Waals surface area contributed by atoms with E-state index in [1.54, 1.807) is 43.6 Å². The first-order valence-electron chi connectivity index (χ1n) is 6.34. The molecule has 2 aromatic rings. The molecular formula is C15H17N3O2. The number of nitrogen functional groups attached to an aromatic ring is 1. The normalized spacial score (nSPS) is 11.7. The third kappa shape index (κ3) is 3.98. The second kappa shape index (κ2) is 6.56. The Kier molecular flexibility index (Phi) is 4.55. The summed E-state index contributed by atoms with van der Waals surface area (Å²) in [5.74, 6) is 0.449. The van der Waals surface area contributed by atoms with Gasteiger partial charge in [-0.15, -0.1) is 0 Å². The van der Waals surface area contributed by atoms with E-state index >= 15 is 0 Å². The number of benzene rings is 1. The summed E-state index contributed by atoms with van der Waals surface area (Å²) >= 11 is 0. The molecule has 0 bridgehead atoms. The number of hydrogen-bond donors (Lipinski definition) is 2. The van der Waals surface area contributed by atoms with Crippen molar-refractivity contribution < 1.29 is 9.53 Å². The van der Waals surface area contributed by atoms with Gasteiger partial charge < -0.3 is 15.8 Å². The fraction of sp³-hybridized carbons (Fsp3) is 0.200. The van der Waals surface area contributed by atoms with Crippen molar-refractivity contribution in [3.63, 3.8) is 0 Å². The van der Waals surface area contributed by atoms with Crippen LogP contribution < -0.4 is 15.8 Å². The van der Waals surface area contributed by atoms with E-state index in [9.17, 15) is 4.79 Å². The highest BCUT2D eigenvalue weighted by Crippen LogP contribution is 2.14. The minimum atomic E-state index is -0.569. The molecule has 0 fully saturated rings. The Bertz CT molecular complexity index is 555. The van der Waals surface area contributed by atoms with Crippen LogP contribution in [0.4, 0.5) is 5.69 Å². The van der Waals surface area contributed by atoms with Crippen molar-refractivity contribution in [1.29, 1.82) is 0 Å². The molecule has 0 spiro atoms. The molecule has 3 N–H and O–H groups in total. The number of nitrogens with one attached hydrogen (secondary N) is 1. The van der Waals surface area contributed by atoms with Gasteiger partial charge in [0.15, 0.2) is 6.10 Å². The largest absolute Gasteiger partial charge is 0.481 e. The number of carbonyl (C=O) groups is 1. The quantitative estimate of drug-likeness (QED) is 0.812. The van der Waals surface area contributed by atoms with E-state index < -0.39 is 6.10 Å². The van der Waals surface area contributed by atoms with Gasteiger partial charge in [0, 0.05) is 24.6 Å². The monoisotopic (exact) mass is 271 g/mol. The summed E-state index contributed by atoms with van der Waals surface area (Å²) in [4.78, 5) is 15.8. The molecule has 5 nitrogen and oxygen atoms in total. The predicted octanol–water partition coefficient (Wildman–Crippen LogP) is 1.75. The van der Waals surface area contributed by atoms with Crippen molar-refractivity contribution in [2.24, 2.45) is 0 Å². The third-order valence-corrected chi connectivity index (χ3v) is 2.78. The van der Waals surface area contributed by atoms with Crippen LogP contribution in [0.5, 0.6) is 5.75 Å². The number of aromatic nitrogens is 1. The van der Waals surface area contributed by atoms with Gasteiger partial charge >= 0.3 is 0 Å². The average molecular weight is 271 g/mol. The first kappa shape index (κ1) is 13.9. The standard InChI is InChI=1S/C15H17N3O2/c1-11(20-14-4-2-13(16)3-5-14)15(19)18-10-12-6-8-17-9-7-12/h2-9,11H,10,16H2,1H3,(H,18,19). The molecule has 1 unspecified atom stereocenters. The summed E-state index contributed by atoms with van der Waals surface area (Å²) in [6.45, 7) is 2.16. The summed E-state index contributed by atoms with van der Waals surface area (Å²) in [5.41, 5.74) is 7.24. The van der Waals surface area contributed by atoms with Gasteiger partial charge in [0.1, 0.15) is 5.75 Å². The van der Waals surface area contributed by atoms with Gasteiger partial charge in [0.05, 0.1) is 0 Å². The molecule has 2 rings (SSSR count). The Balaban J connectivity index is 1.84. The molecule has 0 aliphatic carbocycles. The molecule has 20 heavy (non-hydrogen) atoms. The van der Waals surface area contributed by atoms with Crippen LogP contribution in [0.2, 0.25) is 0 Å². The predicted molar refractivity (Wildman–Crippen MR) is 77.0 cm³/mol. The van der Waals surface area contributed by atoms with E-state index in [1.807, 2.05) is 12.1 Å². The summed E-state index contributed by atoms with van der Waals surface area (Å²) in [5, 5.41) is 2.81. The number of pyridine rings is 1. The molecule has 0 aliphatic rings. The summed E-state index contributed by atoms with van der Waals surface area (Å²) in [6, 6.07) is 10.6. The van der Waals surface area contributed by atoms with Crippen LogP contribution in [0.1, 0.15) is 12.5 Å². The Hall–Kier alpha value is -2.56. The Morgan fingerprint density at radius 2 is 1.90 bits per heavy atom. The lowest BCUT2D eigenvalue weighted by Gasteiger charge is -2.14. The molecule has 1 amide bonds. The third-order valence-electron chi connectivity index (χ3n) is 2.78. The fourth-order valence-electron chi connectivity index (χ4n) is 1.64. The number of amides is 1. The summed E-state index contributed by atoms with van der Waals surface area (Å²) in [6.07, 6.45) is 2.81. The SMILES string of the molecule is CC(Oc1ccc(N)cc1)C(=O)NCc1ccncc1. The summed E-state index contributed by atoms with van der Waals surface area (Å²) in [7, 11) is 0. The van der Waals surface area contributed by atoms with Crippen LogP contribution >= 0.6 is 0 Å². The molecule has 0 aliphatic heterocycles. The number of nitrogens with two attached hydrogens (primary N) is 1. The minimum absolute atomic E-state index is 0.168. The molecule has 1 aromatic heterocycles. The van der Waals surface area contributed by atoms with Crippen molar-refractivity contribution in [2.75, 3.05) is 5.73 Å². The number of carbonyl (C=O) groups excluding carboxylic acids is 1. The van der Waals surface area contributed by atoms with Crippen LogP contribution in [0.15, 0.2) is 48.8 Å². The van der Waals surface area contributed by atoms with Crippen LogP contribution in [0.25, 0.3) is 0 Å². The maximum absolute atomic E-state index is 11.9. The lowest BCUT2D eigenvalue weighted by molar-refractivity contribution is -0.127. The highest BCUT2D eigenvalue weighted by Gasteiger charge is 2.14. The topological polar surface area (TPSA) is 77.2 Å². The molecule has 104 valence electrons. The van der Waals surface area contributed by atoms with E-state index in [0.29, 0.717) is 18.0 Å². The summed E-state index contributed by atoms with van der Waals surface area (Å²) < 4.78 is 5.54. The molecule has 0 saturated carbocycles. The van der Waals surface area contributed by atoms with E-state index in [-0.39, 0.29) is 5.91 Å². The number of ether oxygens (including phenoxy) is 1. The molecule has 1 aromatic carbocycles. The average Bonchev–Trinajstić information content (AvgIpc) is 2.48. The van der Waals surface area contributed by atoms with Crippen molar-refractivity contribution in [1.82, 2.24) is 10.3 Å². The van der Waals surface area contributed by atoms with E-state index in [0.717, 1.165) is 5.56 Å². The number of hydrogen-bond acceptors (Lipinski definition) is 4. The maximum atomic E-state index is 11.9. The number of anilines is 1. The molecule has 5 heteroatoms. The zero-order chi connectivity index (χ0) is 14.4. The fourth-order valence-corrected chi connectivity index (χ4v) is 1.64. The first-order chi connectivity index (χ1) is 9.65. The Labute approximate surface area is 117 Å². The molecule has 0 saturated heterocycles. The van der Waals surface area contributed by atoms with Crippen molar-refractivity contribution >= 4 is 11.6 Å². The second-order valence-electron chi connectivity index (χ2n) is 4.40. The highest BCUT2D eigenvalue weighted by atomic mass is 16.5. The van der Waals surface area contributed by atoms with Gasteiger partial charge in [-0.25, -0.2) is 0 Å². The van der Waals surface area contributed by atoms with Gasteiger partial charge in [-0.3, -0.25) is 9.78 Å². The number of rotatable bonds is 5. The van der Waals surface area contributed by atoms with Gasteiger partial charge in [0.25, 0.3) is 5.91 Å². The second-order valence-corrected chi connectivity index (χ2v) is 4.40. The zero-order valence-corrected chi connectivity index (χ0v) is 11.2.